The average Bonchev–Trinajstić information content (AvgIpc) is 2.87. The van der Waals surface area contributed by atoms with Crippen molar-refractivity contribution in [2.75, 3.05) is 51.9 Å². The van der Waals surface area contributed by atoms with Crippen LogP contribution in [0.5, 0.6) is 11.5 Å². The molecule has 2 saturated heterocycles. The van der Waals surface area contributed by atoms with Crippen molar-refractivity contribution in [2.45, 2.75) is 25.7 Å². The van der Waals surface area contributed by atoms with E-state index in [1.54, 1.807) is 19.2 Å². The molecule has 3 heterocycles. The van der Waals surface area contributed by atoms with Crippen molar-refractivity contribution >= 4 is 33.9 Å². The number of likely N-dealkylation sites (tertiary alicyclic amines) is 1. The number of nitriles is 1. The minimum Gasteiger partial charge on any atom is -0.493 e. The number of hydrogen-bond acceptors (Lipinski definition) is 7. The average molecular weight is 525 g/mol. The lowest BCUT2D eigenvalue weighted by Crippen LogP contribution is -2.50. The van der Waals surface area contributed by atoms with Crippen LogP contribution in [0.4, 0.5) is 15.8 Å². The number of nitrogens with zero attached hydrogens (tertiary/aromatic N) is 3. The van der Waals surface area contributed by atoms with Gasteiger partial charge in [-0.2, -0.15) is 5.26 Å². The Bertz CT molecular complexity index is 1290. The van der Waals surface area contributed by atoms with Crippen molar-refractivity contribution in [3.63, 3.8) is 0 Å². The van der Waals surface area contributed by atoms with Crippen LogP contribution in [0.3, 0.4) is 0 Å². The zero-order valence-corrected chi connectivity index (χ0v) is 21.6. The number of fused-ring (bicyclic) bond motifs is 1. The zero-order chi connectivity index (χ0) is 25.8. The highest BCUT2D eigenvalue weighted by molar-refractivity contribution is 6.30. The fourth-order valence-corrected chi connectivity index (χ4v) is 5.23. The Hall–Kier alpha value is -3.12. The number of rotatable bonds is 9. The summed E-state index contributed by atoms with van der Waals surface area (Å²) in [6.45, 7) is 5.81. The van der Waals surface area contributed by atoms with Crippen LogP contribution in [-0.2, 0) is 4.74 Å². The highest BCUT2D eigenvalue weighted by Crippen LogP contribution is 2.39. The maximum Gasteiger partial charge on any atom is 0.163 e. The Balaban J connectivity index is 1.24. The molecule has 0 unspecified atom stereocenters. The quantitative estimate of drug-likeness (QED) is 0.348. The van der Waals surface area contributed by atoms with E-state index in [-0.39, 0.29) is 5.02 Å². The number of anilines is 2. The molecule has 7 nitrogen and oxygen atoms in total. The smallest absolute Gasteiger partial charge is 0.163 e. The molecule has 2 aliphatic heterocycles. The Morgan fingerprint density at radius 2 is 1.97 bits per heavy atom. The van der Waals surface area contributed by atoms with Gasteiger partial charge in [0.2, 0.25) is 0 Å². The molecule has 37 heavy (non-hydrogen) atoms. The van der Waals surface area contributed by atoms with E-state index in [0.717, 1.165) is 45.7 Å². The van der Waals surface area contributed by atoms with Gasteiger partial charge in [0.25, 0.3) is 0 Å². The molecule has 0 amide bonds. The zero-order valence-electron chi connectivity index (χ0n) is 20.9. The fourth-order valence-electron chi connectivity index (χ4n) is 5.01. The molecule has 3 aromatic rings. The van der Waals surface area contributed by atoms with Crippen LogP contribution in [0.2, 0.25) is 5.02 Å². The number of unbranched alkanes of at least 4 members (excludes halogenated alkanes) is 1. The lowest BCUT2D eigenvalue weighted by Gasteiger charge is -2.47. The van der Waals surface area contributed by atoms with Crippen LogP contribution >= 0.6 is 11.6 Å². The normalized spacial score (nSPS) is 16.8. The van der Waals surface area contributed by atoms with Crippen molar-refractivity contribution in [3.8, 4) is 17.6 Å². The van der Waals surface area contributed by atoms with Crippen LogP contribution in [0.1, 0.15) is 31.2 Å². The van der Waals surface area contributed by atoms with Gasteiger partial charge in [-0.15, -0.1) is 0 Å². The summed E-state index contributed by atoms with van der Waals surface area (Å²) in [5.74, 6) is 0.655. The first-order valence-electron chi connectivity index (χ1n) is 12.6. The number of methoxy groups -OCH3 is 1. The van der Waals surface area contributed by atoms with Gasteiger partial charge < -0.3 is 24.4 Å². The standard InChI is InChI=1S/C28H30ClFN4O3/c1-35-25-13-23-24(32-16-19(15-31)27(23)33-22-11-20(29)10-21(30)12-22)14-26(25)37-9-3-2-6-34-7-4-28(5-8-34)17-36-18-28/h10-14,16H,2-9,17-18H2,1H3,(H,32,33). The number of ether oxygens (including phenoxy) is 3. The number of benzene rings is 2. The van der Waals surface area contributed by atoms with E-state index in [4.69, 9.17) is 25.8 Å². The van der Waals surface area contributed by atoms with Gasteiger partial charge >= 0.3 is 0 Å². The second-order valence-corrected chi connectivity index (χ2v) is 10.3. The molecule has 194 valence electrons. The van der Waals surface area contributed by atoms with Crippen LogP contribution < -0.4 is 14.8 Å². The summed E-state index contributed by atoms with van der Waals surface area (Å²) in [6, 6.07) is 9.87. The van der Waals surface area contributed by atoms with Gasteiger partial charge in [0.05, 0.1) is 43.7 Å². The number of aromatic nitrogens is 1. The molecule has 0 aliphatic carbocycles. The van der Waals surface area contributed by atoms with Gasteiger partial charge in [-0.25, -0.2) is 4.39 Å². The molecule has 2 fully saturated rings. The second kappa shape index (κ2) is 11.1. The van der Waals surface area contributed by atoms with Crippen molar-refractivity contribution < 1.29 is 18.6 Å². The number of hydrogen-bond donors (Lipinski definition) is 1. The first kappa shape index (κ1) is 25.5. The SMILES string of the molecule is COc1cc2c(Nc3cc(F)cc(Cl)c3)c(C#N)cnc2cc1OCCCCN1CCC2(CC1)COC2. The third kappa shape index (κ3) is 5.74. The molecular weight excluding hydrogens is 495 g/mol. The van der Waals surface area contributed by atoms with Gasteiger partial charge in [-0.3, -0.25) is 4.98 Å². The lowest BCUT2D eigenvalue weighted by atomic mass is 9.77. The molecule has 0 bridgehead atoms. The molecule has 1 aromatic heterocycles. The maximum atomic E-state index is 13.9. The third-order valence-electron chi connectivity index (χ3n) is 7.27. The highest BCUT2D eigenvalue weighted by Gasteiger charge is 2.40. The summed E-state index contributed by atoms with van der Waals surface area (Å²) in [4.78, 5) is 6.98. The van der Waals surface area contributed by atoms with E-state index >= 15 is 0 Å². The minimum absolute atomic E-state index is 0.254. The second-order valence-electron chi connectivity index (χ2n) is 9.85. The molecule has 5 rings (SSSR count). The number of piperidine rings is 1. The number of halogens is 2. The van der Waals surface area contributed by atoms with Gasteiger partial charge in [-0.05, 0) is 69.6 Å². The van der Waals surface area contributed by atoms with Gasteiger partial charge in [0.1, 0.15) is 11.9 Å². The molecule has 0 saturated carbocycles. The van der Waals surface area contributed by atoms with E-state index in [1.807, 2.05) is 6.07 Å². The Morgan fingerprint density at radius 1 is 1.16 bits per heavy atom. The third-order valence-corrected chi connectivity index (χ3v) is 7.48. The Kier molecular flexibility index (Phi) is 7.65. The van der Waals surface area contributed by atoms with Crippen molar-refractivity contribution in [1.82, 2.24) is 9.88 Å². The summed E-state index contributed by atoms with van der Waals surface area (Å²) in [5.41, 5.74) is 2.33. The predicted molar refractivity (Wildman–Crippen MR) is 141 cm³/mol. The molecule has 0 radical (unpaired) electrons. The lowest BCUT2D eigenvalue weighted by molar-refractivity contribution is -0.139. The topological polar surface area (TPSA) is 79.6 Å². The van der Waals surface area contributed by atoms with Crippen molar-refractivity contribution in [1.29, 1.82) is 5.26 Å². The van der Waals surface area contributed by atoms with E-state index in [2.05, 4.69) is 21.3 Å². The van der Waals surface area contributed by atoms with Crippen LogP contribution in [0.15, 0.2) is 36.5 Å². The Labute approximate surface area is 221 Å². The summed E-state index contributed by atoms with van der Waals surface area (Å²) in [7, 11) is 1.57. The predicted octanol–water partition coefficient (Wildman–Crippen LogP) is 5.92. The first-order valence-corrected chi connectivity index (χ1v) is 12.9. The fraction of sp³-hybridized carbons (Fsp3) is 0.429. The van der Waals surface area contributed by atoms with E-state index < -0.39 is 5.82 Å². The minimum atomic E-state index is -0.475. The molecular formula is C28H30ClFN4O3. The maximum absolute atomic E-state index is 13.9. The van der Waals surface area contributed by atoms with Gasteiger partial charge in [0.15, 0.2) is 11.5 Å². The van der Waals surface area contributed by atoms with E-state index in [0.29, 0.717) is 51.4 Å². The van der Waals surface area contributed by atoms with Gasteiger partial charge in [-0.1, -0.05) is 11.6 Å². The van der Waals surface area contributed by atoms with Crippen molar-refractivity contribution in [3.05, 3.63) is 52.9 Å². The van der Waals surface area contributed by atoms with Crippen LogP contribution in [0, 0.1) is 22.6 Å². The Morgan fingerprint density at radius 3 is 2.65 bits per heavy atom. The monoisotopic (exact) mass is 524 g/mol. The summed E-state index contributed by atoms with van der Waals surface area (Å²) < 4.78 is 31.0. The summed E-state index contributed by atoms with van der Waals surface area (Å²) >= 11 is 6.01. The molecule has 2 aliphatic rings. The summed E-state index contributed by atoms with van der Waals surface area (Å²) in [6.07, 6.45) is 5.95. The largest absolute Gasteiger partial charge is 0.493 e. The summed E-state index contributed by atoms with van der Waals surface area (Å²) in [5, 5.41) is 13.7. The van der Waals surface area contributed by atoms with E-state index in [9.17, 15) is 9.65 Å². The molecule has 9 heteroatoms. The van der Waals surface area contributed by atoms with Crippen LogP contribution in [-0.4, -0.2) is 56.4 Å². The molecule has 0 atom stereocenters. The molecule has 1 spiro atoms. The highest BCUT2D eigenvalue weighted by atomic mass is 35.5. The van der Waals surface area contributed by atoms with E-state index in [1.165, 1.54) is 31.2 Å². The molecule has 1 N–H and O–H groups in total. The van der Waals surface area contributed by atoms with Crippen molar-refractivity contribution in [2.24, 2.45) is 5.41 Å². The molecule has 2 aromatic carbocycles. The van der Waals surface area contributed by atoms with Crippen LogP contribution in [0.25, 0.3) is 10.9 Å². The first-order chi connectivity index (χ1) is 18.0. The number of pyridine rings is 1. The number of nitrogens with one attached hydrogen (secondary N) is 1. The van der Waals surface area contributed by atoms with Gasteiger partial charge in [0, 0.05) is 33.8 Å².